The standard InChI is InChI=1S/C11H15NO4/c12-8-3-4-10(9(7-8)11(14)15)16-6-2-1-5-13/h3-4,7,13H,1-2,5-6,12H2,(H,14,15). The lowest BCUT2D eigenvalue weighted by Crippen LogP contribution is -2.05. The molecule has 1 aromatic rings. The molecule has 0 aliphatic rings. The molecule has 0 bridgehead atoms. The van der Waals surface area contributed by atoms with Gasteiger partial charge in [0.2, 0.25) is 0 Å². The van der Waals surface area contributed by atoms with Crippen molar-refractivity contribution in [3.8, 4) is 5.75 Å². The lowest BCUT2D eigenvalue weighted by Gasteiger charge is -2.09. The Morgan fingerprint density at radius 3 is 2.75 bits per heavy atom. The van der Waals surface area contributed by atoms with Gasteiger partial charge in [-0.1, -0.05) is 0 Å². The summed E-state index contributed by atoms with van der Waals surface area (Å²) < 4.78 is 5.31. The first-order valence-electron chi connectivity index (χ1n) is 5.01. The summed E-state index contributed by atoms with van der Waals surface area (Å²) in [7, 11) is 0. The second kappa shape index (κ2) is 5.97. The molecule has 0 atom stereocenters. The number of rotatable bonds is 6. The second-order valence-electron chi connectivity index (χ2n) is 3.34. The maximum Gasteiger partial charge on any atom is 0.339 e. The van der Waals surface area contributed by atoms with Gasteiger partial charge in [0.1, 0.15) is 11.3 Å². The summed E-state index contributed by atoms with van der Waals surface area (Å²) >= 11 is 0. The quantitative estimate of drug-likeness (QED) is 0.498. The minimum absolute atomic E-state index is 0.0593. The number of carboxylic acid groups (broad SMARTS) is 1. The van der Waals surface area contributed by atoms with Crippen LogP contribution in [-0.2, 0) is 0 Å². The number of unbranched alkanes of at least 4 members (excludes halogenated alkanes) is 1. The molecule has 0 aliphatic carbocycles. The molecule has 0 aromatic heterocycles. The fraction of sp³-hybridized carbons (Fsp3) is 0.364. The van der Waals surface area contributed by atoms with Crippen molar-refractivity contribution in [1.82, 2.24) is 0 Å². The zero-order valence-corrected chi connectivity index (χ0v) is 8.85. The Hall–Kier alpha value is -1.75. The van der Waals surface area contributed by atoms with E-state index < -0.39 is 5.97 Å². The van der Waals surface area contributed by atoms with Crippen LogP contribution < -0.4 is 10.5 Å². The third kappa shape index (κ3) is 3.43. The van der Waals surface area contributed by atoms with Crippen molar-refractivity contribution >= 4 is 11.7 Å². The van der Waals surface area contributed by atoms with Gasteiger partial charge in [-0.2, -0.15) is 0 Å². The Bertz CT molecular complexity index is 365. The normalized spacial score (nSPS) is 10.1. The number of anilines is 1. The third-order valence-corrected chi connectivity index (χ3v) is 2.04. The fourth-order valence-corrected chi connectivity index (χ4v) is 1.24. The van der Waals surface area contributed by atoms with E-state index in [9.17, 15) is 4.79 Å². The van der Waals surface area contributed by atoms with Crippen LogP contribution in [0.5, 0.6) is 5.75 Å². The van der Waals surface area contributed by atoms with Gasteiger partial charge in [0.15, 0.2) is 0 Å². The largest absolute Gasteiger partial charge is 0.493 e. The van der Waals surface area contributed by atoms with Crippen LogP contribution in [0.2, 0.25) is 0 Å². The number of hydrogen-bond donors (Lipinski definition) is 3. The van der Waals surface area contributed by atoms with Crippen molar-refractivity contribution in [3.63, 3.8) is 0 Å². The zero-order chi connectivity index (χ0) is 12.0. The molecule has 5 nitrogen and oxygen atoms in total. The van der Waals surface area contributed by atoms with Crippen molar-refractivity contribution in [2.75, 3.05) is 18.9 Å². The smallest absolute Gasteiger partial charge is 0.339 e. The van der Waals surface area contributed by atoms with E-state index in [4.69, 9.17) is 20.7 Å². The molecular weight excluding hydrogens is 210 g/mol. The van der Waals surface area contributed by atoms with Crippen LogP contribution in [0.15, 0.2) is 18.2 Å². The van der Waals surface area contributed by atoms with Crippen LogP contribution in [0.3, 0.4) is 0 Å². The highest BCUT2D eigenvalue weighted by Gasteiger charge is 2.11. The summed E-state index contributed by atoms with van der Waals surface area (Å²) in [5, 5.41) is 17.5. The minimum atomic E-state index is -1.07. The van der Waals surface area contributed by atoms with E-state index in [1.165, 1.54) is 12.1 Å². The maximum absolute atomic E-state index is 10.9. The molecule has 0 spiro atoms. The number of aliphatic hydroxyl groups is 1. The van der Waals surface area contributed by atoms with Crippen molar-refractivity contribution in [2.45, 2.75) is 12.8 Å². The van der Waals surface area contributed by atoms with E-state index in [1.807, 2.05) is 0 Å². The van der Waals surface area contributed by atoms with Crippen LogP contribution in [-0.4, -0.2) is 29.4 Å². The molecule has 0 aliphatic heterocycles. The van der Waals surface area contributed by atoms with Gasteiger partial charge < -0.3 is 20.7 Å². The number of benzene rings is 1. The summed E-state index contributed by atoms with van der Waals surface area (Å²) in [5.74, 6) is -0.760. The summed E-state index contributed by atoms with van der Waals surface area (Å²) in [6.07, 6.45) is 1.32. The first-order chi connectivity index (χ1) is 7.65. The molecule has 0 unspecified atom stereocenters. The van der Waals surface area contributed by atoms with Crippen LogP contribution in [0.25, 0.3) is 0 Å². The van der Waals surface area contributed by atoms with Gasteiger partial charge in [-0.15, -0.1) is 0 Å². The Morgan fingerprint density at radius 2 is 2.12 bits per heavy atom. The number of carboxylic acids is 1. The van der Waals surface area contributed by atoms with E-state index in [0.29, 0.717) is 30.9 Å². The van der Waals surface area contributed by atoms with E-state index in [1.54, 1.807) is 6.07 Å². The summed E-state index contributed by atoms with van der Waals surface area (Å²) in [6, 6.07) is 4.50. The van der Waals surface area contributed by atoms with E-state index >= 15 is 0 Å². The van der Waals surface area contributed by atoms with Crippen molar-refractivity contribution in [2.24, 2.45) is 0 Å². The van der Waals surface area contributed by atoms with Crippen LogP contribution in [0.1, 0.15) is 23.2 Å². The second-order valence-corrected chi connectivity index (χ2v) is 3.34. The Kier molecular flexibility index (Phi) is 4.60. The molecule has 4 N–H and O–H groups in total. The van der Waals surface area contributed by atoms with Crippen molar-refractivity contribution in [3.05, 3.63) is 23.8 Å². The summed E-state index contributed by atoms with van der Waals surface area (Å²) in [4.78, 5) is 10.9. The van der Waals surface area contributed by atoms with Crippen molar-refractivity contribution in [1.29, 1.82) is 0 Å². The molecule has 0 fully saturated rings. The summed E-state index contributed by atoms with van der Waals surface area (Å²) in [6.45, 7) is 0.488. The van der Waals surface area contributed by atoms with E-state index in [-0.39, 0.29) is 12.2 Å². The Morgan fingerprint density at radius 1 is 1.38 bits per heavy atom. The summed E-state index contributed by atoms with van der Waals surface area (Å²) in [5.41, 5.74) is 5.94. The first kappa shape index (κ1) is 12.3. The highest BCUT2D eigenvalue weighted by atomic mass is 16.5. The highest BCUT2D eigenvalue weighted by molar-refractivity contribution is 5.92. The van der Waals surface area contributed by atoms with Crippen molar-refractivity contribution < 1.29 is 19.7 Å². The average molecular weight is 225 g/mol. The molecule has 0 radical (unpaired) electrons. The molecule has 0 amide bonds. The SMILES string of the molecule is Nc1ccc(OCCCCO)c(C(=O)O)c1. The van der Waals surface area contributed by atoms with Crippen LogP contribution in [0.4, 0.5) is 5.69 Å². The van der Waals surface area contributed by atoms with Gasteiger partial charge in [-0.25, -0.2) is 4.79 Å². The maximum atomic E-state index is 10.9. The average Bonchev–Trinajstić information content (AvgIpc) is 2.26. The van der Waals surface area contributed by atoms with Gasteiger partial charge in [0.05, 0.1) is 6.61 Å². The number of aliphatic hydroxyl groups excluding tert-OH is 1. The number of aromatic carboxylic acids is 1. The number of nitrogen functional groups attached to an aromatic ring is 1. The van der Waals surface area contributed by atoms with Gasteiger partial charge in [-0.05, 0) is 31.0 Å². The van der Waals surface area contributed by atoms with Gasteiger partial charge in [0.25, 0.3) is 0 Å². The minimum Gasteiger partial charge on any atom is -0.493 e. The topological polar surface area (TPSA) is 92.8 Å². The monoisotopic (exact) mass is 225 g/mol. The van der Waals surface area contributed by atoms with E-state index in [2.05, 4.69) is 0 Å². The third-order valence-electron chi connectivity index (χ3n) is 2.04. The Balaban J connectivity index is 2.67. The molecule has 1 rings (SSSR count). The fourth-order valence-electron chi connectivity index (χ4n) is 1.24. The molecule has 16 heavy (non-hydrogen) atoms. The molecule has 0 saturated heterocycles. The zero-order valence-electron chi connectivity index (χ0n) is 8.85. The molecule has 1 aromatic carbocycles. The lowest BCUT2D eigenvalue weighted by molar-refractivity contribution is 0.0692. The predicted octanol–water partition coefficient (Wildman–Crippen LogP) is 1.12. The molecule has 0 saturated carbocycles. The number of nitrogens with two attached hydrogens (primary N) is 1. The number of ether oxygens (including phenoxy) is 1. The first-order valence-corrected chi connectivity index (χ1v) is 5.01. The van der Waals surface area contributed by atoms with Gasteiger partial charge >= 0.3 is 5.97 Å². The molecule has 88 valence electrons. The highest BCUT2D eigenvalue weighted by Crippen LogP contribution is 2.21. The predicted molar refractivity (Wildman–Crippen MR) is 59.6 cm³/mol. The lowest BCUT2D eigenvalue weighted by atomic mass is 10.2. The van der Waals surface area contributed by atoms with Gasteiger partial charge in [0, 0.05) is 12.3 Å². The molecular formula is C11H15NO4. The number of hydrogen-bond acceptors (Lipinski definition) is 4. The van der Waals surface area contributed by atoms with Crippen LogP contribution in [0, 0.1) is 0 Å². The van der Waals surface area contributed by atoms with E-state index in [0.717, 1.165) is 0 Å². The molecule has 5 heteroatoms. The molecule has 0 heterocycles. The van der Waals surface area contributed by atoms with Gasteiger partial charge in [-0.3, -0.25) is 0 Å². The Labute approximate surface area is 93.5 Å². The van der Waals surface area contributed by atoms with Crippen LogP contribution >= 0.6 is 0 Å². The number of carbonyl (C=O) groups is 1.